The second-order valence-corrected chi connectivity index (χ2v) is 3.47. The summed E-state index contributed by atoms with van der Waals surface area (Å²) < 4.78 is 0. The Morgan fingerprint density at radius 2 is 1.41 bits per heavy atom. The van der Waals surface area contributed by atoms with Gasteiger partial charge in [-0.3, -0.25) is 0 Å². The second-order valence-electron chi connectivity index (χ2n) is 3.47. The van der Waals surface area contributed by atoms with E-state index in [4.69, 9.17) is 0 Å². The van der Waals surface area contributed by atoms with Crippen LogP contribution in [0.1, 0.15) is 66.5 Å². The normalized spacial score (nSPS) is 10.5. The first-order chi connectivity index (χ1) is 10.8. The highest BCUT2D eigenvalue weighted by Gasteiger charge is 1.97. The lowest BCUT2D eigenvalue weighted by molar-refractivity contribution is 1.45. The Balaban J connectivity index is -0.000000535. The maximum Gasteiger partial charge on any atom is -0.0112 e. The third kappa shape index (κ3) is 8.46. The lowest BCUT2D eigenvalue weighted by atomic mass is 10.0. The SMILES string of the molecule is C=C/C=c1/ccc(C=C)c(/C=C\C)/c1=C/C.CC.CC.CC. The molecule has 0 aromatic heterocycles. The quantitative estimate of drug-likeness (QED) is 0.622. The minimum atomic E-state index is 1.16. The molecular formula is C22H36. The highest BCUT2D eigenvalue weighted by atomic mass is 14.0. The molecule has 0 aliphatic heterocycles. The third-order valence-electron chi connectivity index (χ3n) is 2.49. The van der Waals surface area contributed by atoms with Crippen molar-refractivity contribution < 1.29 is 0 Å². The number of rotatable bonds is 3. The predicted octanol–water partition coefficient (Wildman–Crippen LogP) is 6.21. The molecule has 0 heterocycles. The van der Waals surface area contributed by atoms with Gasteiger partial charge < -0.3 is 0 Å². The monoisotopic (exact) mass is 300 g/mol. The van der Waals surface area contributed by atoms with E-state index in [1.165, 1.54) is 16.0 Å². The highest BCUT2D eigenvalue weighted by molar-refractivity contribution is 5.66. The van der Waals surface area contributed by atoms with Crippen LogP contribution >= 0.6 is 0 Å². The van der Waals surface area contributed by atoms with Crippen LogP contribution in [0.25, 0.3) is 24.3 Å². The molecule has 0 amide bonds. The second kappa shape index (κ2) is 19.2. The largest absolute Gasteiger partial charge is 0.0990 e. The van der Waals surface area contributed by atoms with Crippen LogP contribution in [0.5, 0.6) is 0 Å². The Kier molecular flexibility index (Phi) is 21.9. The summed E-state index contributed by atoms with van der Waals surface area (Å²) in [5, 5.41) is 2.42. The zero-order chi connectivity index (χ0) is 18.0. The summed E-state index contributed by atoms with van der Waals surface area (Å²) >= 11 is 0. The van der Waals surface area contributed by atoms with Gasteiger partial charge >= 0.3 is 0 Å². The molecule has 0 N–H and O–H groups in total. The van der Waals surface area contributed by atoms with Crippen molar-refractivity contribution >= 4 is 24.3 Å². The van der Waals surface area contributed by atoms with Gasteiger partial charge in [0.25, 0.3) is 0 Å². The molecule has 0 aliphatic rings. The van der Waals surface area contributed by atoms with E-state index in [0.717, 1.165) is 5.56 Å². The third-order valence-corrected chi connectivity index (χ3v) is 2.49. The van der Waals surface area contributed by atoms with E-state index < -0.39 is 0 Å². The zero-order valence-electron chi connectivity index (χ0n) is 16.0. The molecule has 0 fully saturated rings. The Hall–Kier alpha value is -1.82. The van der Waals surface area contributed by atoms with E-state index in [1.807, 2.05) is 72.8 Å². The van der Waals surface area contributed by atoms with Crippen molar-refractivity contribution in [3.05, 3.63) is 59.0 Å². The van der Waals surface area contributed by atoms with Gasteiger partial charge in [-0.05, 0) is 35.4 Å². The molecule has 124 valence electrons. The summed E-state index contributed by atoms with van der Waals surface area (Å²) in [5.74, 6) is 0. The molecule has 0 bridgehead atoms. The smallest absolute Gasteiger partial charge is 0.0112 e. The molecule has 0 radical (unpaired) electrons. The number of benzene rings is 1. The summed E-state index contributed by atoms with van der Waals surface area (Å²) in [7, 11) is 0. The van der Waals surface area contributed by atoms with E-state index in [9.17, 15) is 0 Å². The van der Waals surface area contributed by atoms with Crippen molar-refractivity contribution in [3.8, 4) is 0 Å². The lowest BCUT2D eigenvalue weighted by Crippen LogP contribution is -2.27. The fourth-order valence-corrected chi connectivity index (χ4v) is 1.80. The first kappa shape index (κ1) is 25.2. The molecule has 1 aromatic rings. The van der Waals surface area contributed by atoms with Crippen LogP contribution in [0.4, 0.5) is 0 Å². The summed E-state index contributed by atoms with van der Waals surface area (Å²) in [6.45, 7) is 23.7. The summed E-state index contributed by atoms with van der Waals surface area (Å²) in [6.07, 6.45) is 12.0. The van der Waals surface area contributed by atoms with Gasteiger partial charge in [-0.2, -0.15) is 0 Å². The minimum absolute atomic E-state index is 1.16. The predicted molar refractivity (Wildman–Crippen MR) is 109 cm³/mol. The molecule has 1 rings (SSSR count). The molecule has 0 unspecified atom stereocenters. The summed E-state index contributed by atoms with van der Waals surface area (Å²) in [6, 6.07) is 4.19. The molecule has 0 saturated carbocycles. The molecule has 0 heteroatoms. The van der Waals surface area contributed by atoms with Gasteiger partial charge in [-0.15, -0.1) is 0 Å². The Morgan fingerprint density at radius 3 is 1.77 bits per heavy atom. The Bertz CT molecular complexity index is 528. The molecule has 0 atom stereocenters. The Morgan fingerprint density at radius 1 is 0.864 bits per heavy atom. The van der Waals surface area contributed by atoms with Crippen molar-refractivity contribution in [3.63, 3.8) is 0 Å². The first-order valence-electron chi connectivity index (χ1n) is 8.45. The molecule has 0 saturated heterocycles. The van der Waals surface area contributed by atoms with E-state index >= 15 is 0 Å². The van der Waals surface area contributed by atoms with E-state index in [0.29, 0.717) is 0 Å². The van der Waals surface area contributed by atoms with Crippen molar-refractivity contribution in [2.75, 3.05) is 0 Å². The van der Waals surface area contributed by atoms with Gasteiger partial charge in [0.1, 0.15) is 0 Å². The van der Waals surface area contributed by atoms with Gasteiger partial charge in [-0.1, -0.05) is 103 Å². The van der Waals surface area contributed by atoms with Crippen LogP contribution in [0.15, 0.2) is 37.4 Å². The topological polar surface area (TPSA) is 0 Å². The fraction of sp³-hybridized carbons (Fsp3) is 0.364. The highest BCUT2D eigenvalue weighted by Crippen LogP contribution is 2.06. The minimum Gasteiger partial charge on any atom is -0.0990 e. The van der Waals surface area contributed by atoms with Crippen LogP contribution in [0.2, 0.25) is 0 Å². The van der Waals surface area contributed by atoms with Gasteiger partial charge in [-0.25, -0.2) is 0 Å². The summed E-state index contributed by atoms with van der Waals surface area (Å²) in [4.78, 5) is 0. The number of hydrogen-bond donors (Lipinski definition) is 0. The number of hydrogen-bond acceptors (Lipinski definition) is 0. The lowest BCUT2D eigenvalue weighted by Gasteiger charge is -2.03. The van der Waals surface area contributed by atoms with Crippen molar-refractivity contribution in [2.45, 2.75) is 55.4 Å². The van der Waals surface area contributed by atoms with Crippen LogP contribution < -0.4 is 10.4 Å². The summed E-state index contributed by atoms with van der Waals surface area (Å²) in [5.41, 5.74) is 2.38. The molecule has 1 aromatic carbocycles. The van der Waals surface area contributed by atoms with Crippen LogP contribution in [-0.4, -0.2) is 0 Å². The Labute approximate surface area is 139 Å². The molecule has 0 nitrogen and oxygen atoms in total. The standard InChI is InChI=1S/C16H18.3C2H6/c1-5-9-14-12-11-13(7-3)16(10-6-2)15(14)8-4;3*1-2/h5-12H,1,3H2,2,4H3;3*1-2H3/b10-6-,14-9-,15-8+;;;. The average Bonchev–Trinajstić information content (AvgIpc) is 2.61. The first-order valence-corrected chi connectivity index (χ1v) is 8.45. The van der Waals surface area contributed by atoms with Gasteiger partial charge in [0, 0.05) is 0 Å². The van der Waals surface area contributed by atoms with Gasteiger partial charge in [0.15, 0.2) is 0 Å². The van der Waals surface area contributed by atoms with Gasteiger partial charge in [0.2, 0.25) is 0 Å². The molecular weight excluding hydrogens is 264 g/mol. The molecule has 0 spiro atoms. The van der Waals surface area contributed by atoms with E-state index in [2.05, 4.69) is 44.4 Å². The fourth-order valence-electron chi connectivity index (χ4n) is 1.80. The average molecular weight is 301 g/mol. The van der Waals surface area contributed by atoms with E-state index in [-0.39, 0.29) is 0 Å². The van der Waals surface area contributed by atoms with Crippen molar-refractivity contribution in [1.29, 1.82) is 0 Å². The maximum absolute atomic E-state index is 3.85. The van der Waals surface area contributed by atoms with Crippen LogP contribution in [-0.2, 0) is 0 Å². The van der Waals surface area contributed by atoms with Crippen molar-refractivity contribution in [2.24, 2.45) is 0 Å². The van der Waals surface area contributed by atoms with Crippen LogP contribution in [0.3, 0.4) is 0 Å². The number of allylic oxidation sites excluding steroid dienone is 2. The van der Waals surface area contributed by atoms with Crippen LogP contribution in [0, 0.1) is 0 Å². The van der Waals surface area contributed by atoms with E-state index in [1.54, 1.807) is 0 Å². The molecule has 0 aliphatic carbocycles. The van der Waals surface area contributed by atoms with Crippen molar-refractivity contribution in [1.82, 2.24) is 0 Å². The molecule has 22 heavy (non-hydrogen) atoms. The van der Waals surface area contributed by atoms with Gasteiger partial charge in [0.05, 0.1) is 0 Å². The zero-order valence-corrected chi connectivity index (χ0v) is 16.0. The maximum atomic E-state index is 3.85.